The largest absolute Gasteiger partial charge is 0.319 e. The zero-order chi connectivity index (χ0) is 11.3. The quantitative estimate of drug-likeness (QED) is 0.726. The van der Waals surface area contributed by atoms with Crippen molar-refractivity contribution in [2.45, 2.75) is 25.8 Å². The third-order valence-electron chi connectivity index (χ3n) is 3.01. The molecule has 0 saturated heterocycles. The summed E-state index contributed by atoms with van der Waals surface area (Å²) in [7, 11) is 0. The Morgan fingerprint density at radius 1 is 1.50 bits per heavy atom. The number of benzene rings is 1. The van der Waals surface area contributed by atoms with E-state index in [-0.39, 0.29) is 5.82 Å². The van der Waals surface area contributed by atoms with Crippen molar-refractivity contribution in [2.75, 3.05) is 0 Å². The molecule has 1 heterocycles. The number of aryl methyl sites for hydroxylation is 1. The molecule has 1 aromatic heterocycles. The Labute approximate surface area is 91.9 Å². The van der Waals surface area contributed by atoms with Gasteiger partial charge in [-0.05, 0) is 31.4 Å². The first-order valence-corrected chi connectivity index (χ1v) is 5.34. The molecule has 0 unspecified atom stereocenters. The lowest BCUT2D eigenvalue weighted by Gasteiger charge is -2.03. The van der Waals surface area contributed by atoms with Gasteiger partial charge in [0.25, 0.3) is 0 Å². The summed E-state index contributed by atoms with van der Waals surface area (Å²) in [6.07, 6.45) is 2.83. The number of hydrogen-bond acceptors (Lipinski definition) is 2. The van der Waals surface area contributed by atoms with Crippen LogP contribution in [0.2, 0.25) is 0 Å². The molecule has 0 spiro atoms. The highest BCUT2D eigenvalue weighted by Gasteiger charge is 2.28. The molecule has 3 nitrogen and oxygen atoms in total. The van der Waals surface area contributed by atoms with Gasteiger partial charge in [0.15, 0.2) is 12.1 Å². The van der Waals surface area contributed by atoms with Crippen LogP contribution >= 0.6 is 0 Å². The summed E-state index contributed by atoms with van der Waals surface area (Å²) in [6.45, 7) is 1.70. The third kappa shape index (κ3) is 1.26. The molecular weight excluding hydrogens is 207 g/mol. The molecule has 2 aromatic rings. The highest BCUT2D eigenvalue weighted by molar-refractivity contribution is 5.84. The number of fused-ring (bicyclic) bond motifs is 1. The number of carbonyl (C=O) groups is 1. The summed E-state index contributed by atoms with van der Waals surface area (Å²) >= 11 is 0. The van der Waals surface area contributed by atoms with E-state index in [0.717, 1.165) is 24.6 Å². The van der Waals surface area contributed by atoms with Crippen molar-refractivity contribution in [1.82, 2.24) is 9.55 Å². The van der Waals surface area contributed by atoms with E-state index in [1.807, 2.05) is 4.57 Å². The summed E-state index contributed by atoms with van der Waals surface area (Å²) in [6, 6.07) is 3.49. The first kappa shape index (κ1) is 9.51. The number of rotatable bonds is 2. The van der Waals surface area contributed by atoms with E-state index < -0.39 is 0 Å². The van der Waals surface area contributed by atoms with Crippen molar-refractivity contribution < 1.29 is 9.18 Å². The number of halogens is 1. The van der Waals surface area contributed by atoms with Gasteiger partial charge in [-0.15, -0.1) is 0 Å². The first-order chi connectivity index (χ1) is 7.70. The van der Waals surface area contributed by atoms with Crippen molar-refractivity contribution in [2.24, 2.45) is 0 Å². The van der Waals surface area contributed by atoms with Crippen LogP contribution in [0.5, 0.6) is 0 Å². The molecule has 0 atom stereocenters. The molecule has 1 fully saturated rings. The molecule has 1 saturated carbocycles. The number of aromatic nitrogens is 2. The molecule has 1 aromatic carbocycles. The van der Waals surface area contributed by atoms with Gasteiger partial charge in [-0.3, -0.25) is 4.79 Å². The summed E-state index contributed by atoms with van der Waals surface area (Å²) in [5, 5.41) is 0. The van der Waals surface area contributed by atoms with E-state index >= 15 is 0 Å². The van der Waals surface area contributed by atoms with Crippen LogP contribution in [-0.4, -0.2) is 15.8 Å². The lowest BCUT2D eigenvalue weighted by Crippen LogP contribution is -2.00. The smallest absolute Gasteiger partial charge is 0.185 e. The lowest BCUT2D eigenvalue weighted by molar-refractivity contribution is 0.111. The second-order valence-corrected chi connectivity index (χ2v) is 4.28. The molecule has 1 aliphatic rings. The van der Waals surface area contributed by atoms with Crippen molar-refractivity contribution in [1.29, 1.82) is 0 Å². The number of nitrogens with zero attached hydrogens (tertiary/aromatic N) is 2. The Morgan fingerprint density at radius 3 is 2.88 bits per heavy atom. The number of carbonyl (C=O) groups excluding carboxylic acids is 1. The minimum absolute atomic E-state index is 0.244. The SMILES string of the molecule is Cc1cc2nc(C=O)n(C3CC3)c2cc1F. The fraction of sp³-hybridized carbons (Fsp3) is 0.333. The molecule has 0 N–H and O–H groups in total. The van der Waals surface area contributed by atoms with Crippen LogP contribution in [0.1, 0.15) is 35.1 Å². The monoisotopic (exact) mass is 218 g/mol. The van der Waals surface area contributed by atoms with Gasteiger partial charge in [0.05, 0.1) is 11.0 Å². The maximum absolute atomic E-state index is 13.5. The molecule has 0 aliphatic heterocycles. The second kappa shape index (κ2) is 3.14. The van der Waals surface area contributed by atoms with Gasteiger partial charge in [-0.1, -0.05) is 0 Å². The van der Waals surface area contributed by atoms with Gasteiger partial charge in [0, 0.05) is 12.1 Å². The molecule has 3 rings (SSSR count). The van der Waals surface area contributed by atoms with Crippen molar-refractivity contribution >= 4 is 17.3 Å². The molecular formula is C12H11FN2O. The molecule has 0 amide bonds. The highest BCUT2D eigenvalue weighted by atomic mass is 19.1. The fourth-order valence-corrected chi connectivity index (χ4v) is 2.04. The van der Waals surface area contributed by atoms with Crippen LogP contribution in [0.4, 0.5) is 4.39 Å². The average Bonchev–Trinajstić information content (AvgIpc) is 3.03. The van der Waals surface area contributed by atoms with Crippen LogP contribution in [0.25, 0.3) is 11.0 Å². The molecule has 0 radical (unpaired) electrons. The van der Waals surface area contributed by atoms with Crippen LogP contribution in [-0.2, 0) is 0 Å². The first-order valence-electron chi connectivity index (χ1n) is 5.34. The van der Waals surface area contributed by atoms with E-state index in [1.165, 1.54) is 6.07 Å². The summed E-state index contributed by atoms with van der Waals surface area (Å²) in [5.74, 6) is 0.161. The molecule has 0 bridgehead atoms. The normalized spacial score (nSPS) is 15.6. The van der Waals surface area contributed by atoms with Gasteiger partial charge in [0.1, 0.15) is 5.82 Å². The minimum Gasteiger partial charge on any atom is -0.319 e. The Balaban J connectivity index is 2.35. The standard InChI is InChI=1S/C12H11FN2O/c1-7-4-10-11(5-9(7)13)15(8-2-3-8)12(6-16)14-10/h4-6,8H,2-3H2,1H3. The summed E-state index contributed by atoms with van der Waals surface area (Å²) < 4.78 is 15.3. The Hall–Kier alpha value is -1.71. The number of imidazole rings is 1. The molecule has 4 heteroatoms. The maximum atomic E-state index is 13.5. The van der Waals surface area contributed by atoms with E-state index in [0.29, 0.717) is 22.9 Å². The second-order valence-electron chi connectivity index (χ2n) is 4.28. The third-order valence-corrected chi connectivity index (χ3v) is 3.01. The van der Waals surface area contributed by atoms with Crippen LogP contribution in [0.3, 0.4) is 0 Å². The van der Waals surface area contributed by atoms with Crippen molar-refractivity contribution in [3.63, 3.8) is 0 Å². The van der Waals surface area contributed by atoms with E-state index in [9.17, 15) is 9.18 Å². The van der Waals surface area contributed by atoms with E-state index in [4.69, 9.17) is 0 Å². The number of hydrogen-bond donors (Lipinski definition) is 0. The van der Waals surface area contributed by atoms with Gasteiger partial charge in [-0.25, -0.2) is 9.37 Å². The van der Waals surface area contributed by atoms with Gasteiger partial charge in [-0.2, -0.15) is 0 Å². The molecule has 82 valence electrons. The van der Waals surface area contributed by atoms with E-state index in [2.05, 4.69) is 4.98 Å². The highest BCUT2D eigenvalue weighted by Crippen LogP contribution is 2.38. The predicted octanol–water partition coefficient (Wildman–Crippen LogP) is 2.63. The maximum Gasteiger partial charge on any atom is 0.185 e. The van der Waals surface area contributed by atoms with Crippen LogP contribution < -0.4 is 0 Å². The Morgan fingerprint density at radius 2 is 2.25 bits per heavy atom. The number of aldehydes is 1. The lowest BCUT2D eigenvalue weighted by atomic mass is 10.2. The summed E-state index contributed by atoms with van der Waals surface area (Å²) in [4.78, 5) is 15.1. The molecule has 16 heavy (non-hydrogen) atoms. The zero-order valence-electron chi connectivity index (χ0n) is 8.90. The van der Waals surface area contributed by atoms with Crippen LogP contribution in [0.15, 0.2) is 12.1 Å². The van der Waals surface area contributed by atoms with Gasteiger partial charge < -0.3 is 4.57 Å². The average molecular weight is 218 g/mol. The zero-order valence-corrected chi connectivity index (χ0v) is 8.90. The predicted molar refractivity (Wildman–Crippen MR) is 58.1 cm³/mol. The van der Waals surface area contributed by atoms with Gasteiger partial charge in [0.2, 0.25) is 0 Å². The summed E-state index contributed by atoms with van der Waals surface area (Å²) in [5.41, 5.74) is 1.99. The van der Waals surface area contributed by atoms with Gasteiger partial charge >= 0.3 is 0 Å². The van der Waals surface area contributed by atoms with Crippen molar-refractivity contribution in [3.05, 3.63) is 29.3 Å². The van der Waals surface area contributed by atoms with Crippen LogP contribution in [0, 0.1) is 12.7 Å². The fourth-order valence-electron chi connectivity index (χ4n) is 2.04. The van der Waals surface area contributed by atoms with Crippen molar-refractivity contribution in [3.8, 4) is 0 Å². The minimum atomic E-state index is -0.244. The molecule has 1 aliphatic carbocycles. The Bertz CT molecular complexity index is 584. The van der Waals surface area contributed by atoms with E-state index in [1.54, 1.807) is 13.0 Å². The Kier molecular flexibility index (Phi) is 1.87. The topological polar surface area (TPSA) is 34.9 Å².